The number of aryl methyl sites for hydroxylation is 2. The van der Waals surface area contributed by atoms with Crippen molar-refractivity contribution in [1.29, 1.82) is 0 Å². The SMILES string of the molecule is Cc1cc2oc(=O)cc(C)c2cc1NC(=O)[C@@H](N)c1ccccc1.Cl. The van der Waals surface area contributed by atoms with E-state index >= 15 is 0 Å². The maximum absolute atomic E-state index is 12.4. The van der Waals surface area contributed by atoms with E-state index in [9.17, 15) is 9.59 Å². The molecule has 2 aromatic carbocycles. The first-order valence-corrected chi connectivity index (χ1v) is 7.62. The third kappa shape index (κ3) is 3.90. The zero-order valence-corrected chi connectivity index (χ0v) is 14.7. The summed E-state index contributed by atoms with van der Waals surface area (Å²) in [6, 6.07) is 13.4. The van der Waals surface area contributed by atoms with Gasteiger partial charge in [-0.1, -0.05) is 30.3 Å². The highest BCUT2D eigenvalue weighted by Gasteiger charge is 2.17. The molecule has 0 fully saturated rings. The number of hydrogen-bond donors (Lipinski definition) is 2. The average Bonchev–Trinajstić information content (AvgIpc) is 2.56. The average molecular weight is 359 g/mol. The molecule has 0 saturated carbocycles. The first-order valence-electron chi connectivity index (χ1n) is 7.62. The molecule has 130 valence electrons. The lowest BCUT2D eigenvalue weighted by atomic mass is 10.0. The van der Waals surface area contributed by atoms with Crippen molar-refractivity contribution in [2.24, 2.45) is 5.73 Å². The van der Waals surface area contributed by atoms with E-state index in [0.717, 1.165) is 22.1 Å². The molecule has 0 aliphatic rings. The Bertz CT molecular complexity index is 968. The van der Waals surface area contributed by atoms with Crippen molar-refractivity contribution < 1.29 is 9.21 Å². The summed E-state index contributed by atoms with van der Waals surface area (Å²) in [7, 11) is 0. The fraction of sp³-hybridized carbons (Fsp3) is 0.158. The Kier molecular flexibility index (Phi) is 5.62. The monoisotopic (exact) mass is 358 g/mol. The standard InChI is InChI=1S/C19H18N2O3.ClH/c1-11-9-17(22)24-16-8-12(2)15(10-14(11)16)21-19(23)18(20)13-6-4-3-5-7-13;/h3-10,18H,20H2,1-2H3,(H,21,23);1H/t18-;/m0./s1. The summed E-state index contributed by atoms with van der Waals surface area (Å²) in [6.45, 7) is 3.67. The molecule has 0 radical (unpaired) electrons. The molecule has 1 atom stereocenters. The largest absolute Gasteiger partial charge is 0.423 e. The zero-order valence-electron chi connectivity index (χ0n) is 13.9. The second kappa shape index (κ2) is 7.51. The molecule has 3 rings (SSSR count). The number of amides is 1. The summed E-state index contributed by atoms with van der Waals surface area (Å²) in [5.74, 6) is -0.293. The Morgan fingerprint density at radius 1 is 1.08 bits per heavy atom. The number of hydrogen-bond acceptors (Lipinski definition) is 4. The lowest BCUT2D eigenvalue weighted by Crippen LogP contribution is -2.28. The minimum atomic E-state index is -0.754. The number of carbonyl (C=O) groups excluding carboxylic acids is 1. The van der Waals surface area contributed by atoms with Gasteiger partial charge in [0.05, 0.1) is 0 Å². The fourth-order valence-corrected chi connectivity index (χ4v) is 2.62. The highest BCUT2D eigenvalue weighted by molar-refractivity contribution is 5.98. The summed E-state index contributed by atoms with van der Waals surface area (Å²) < 4.78 is 5.21. The van der Waals surface area contributed by atoms with Crippen LogP contribution in [0.15, 0.2) is 57.7 Å². The van der Waals surface area contributed by atoms with Gasteiger partial charge < -0.3 is 15.5 Å². The van der Waals surface area contributed by atoms with Crippen molar-refractivity contribution in [3.05, 3.63) is 75.6 Å². The third-order valence-electron chi connectivity index (χ3n) is 4.00. The number of halogens is 1. The number of rotatable bonds is 3. The number of anilines is 1. The Labute approximate surface area is 151 Å². The van der Waals surface area contributed by atoms with Crippen LogP contribution in [0.2, 0.25) is 0 Å². The minimum absolute atomic E-state index is 0. The molecular formula is C19H19ClN2O3. The van der Waals surface area contributed by atoms with Gasteiger partial charge in [0.25, 0.3) is 0 Å². The van der Waals surface area contributed by atoms with E-state index in [1.54, 1.807) is 12.1 Å². The number of nitrogens with one attached hydrogen (secondary N) is 1. The van der Waals surface area contributed by atoms with Crippen LogP contribution < -0.4 is 16.7 Å². The third-order valence-corrected chi connectivity index (χ3v) is 4.00. The molecule has 25 heavy (non-hydrogen) atoms. The summed E-state index contributed by atoms with van der Waals surface area (Å²) in [5.41, 5.74) is 9.13. The van der Waals surface area contributed by atoms with E-state index in [2.05, 4.69) is 5.32 Å². The quantitative estimate of drug-likeness (QED) is 0.702. The van der Waals surface area contributed by atoms with Gasteiger partial charge in [-0.25, -0.2) is 4.79 Å². The van der Waals surface area contributed by atoms with Crippen LogP contribution in [0.3, 0.4) is 0 Å². The maximum Gasteiger partial charge on any atom is 0.336 e. The van der Waals surface area contributed by atoms with Gasteiger partial charge in [0, 0.05) is 17.1 Å². The summed E-state index contributed by atoms with van der Waals surface area (Å²) >= 11 is 0. The van der Waals surface area contributed by atoms with E-state index in [1.165, 1.54) is 6.07 Å². The van der Waals surface area contributed by atoms with Gasteiger partial charge in [-0.3, -0.25) is 4.79 Å². The molecule has 5 nitrogen and oxygen atoms in total. The van der Waals surface area contributed by atoms with Crippen molar-refractivity contribution in [2.45, 2.75) is 19.9 Å². The van der Waals surface area contributed by atoms with Crippen LogP contribution in [-0.4, -0.2) is 5.91 Å². The fourth-order valence-electron chi connectivity index (χ4n) is 2.62. The number of fused-ring (bicyclic) bond motifs is 1. The van der Waals surface area contributed by atoms with Crippen molar-refractivity contribution in [2.75, 3.05) is 5.32 Å². The number of benzene rings is 2. The normalized spacial score (nSPS) is 11.6. The topological polar surface area (TPSA) is 85.3 Å². The van der Waals surface area contributed by atoms with Crippen LogP contribution >= 0.6 is 12.4 Å². The molecule has 1 aromatic heterocycles. The van der Waals surface area contributed by atoms with Crippen LogP contribution in [0.25, 0.3) is 11.0 Å². The van der Waals surface area contributed by atoms with Crippen LogP contribution in [0.5, 0.6) is 0 Å². The molecule has 0 spiro atoms. The maximum atomic E-state index is 12.4. The minimum Gasteiger partial charge on any atom is -0.423 e. The summed E-state index contributed by atoms with van der Waals surface area (Å²) in [6.07, 6.45) is 0. The van der Waals surface area contributed by atoms with Crippen molar-refractivity contribution in [3.8, 4) is 0 Å². The van der Waals surface area contributed by atoms with Crippen LogP contribution in [0.1, 0.15) is 22.7 Å². The molecule has 0 aliphatic carbocycles. The molecular weight excluding hydrogens is 340 g/mol. The predicted octanol–water partition coefficient (Wildman–Crippen LogP) is 3.47. The van der Waals surface area contributed by atoms with E-state index in [1.807, 2.05) is 44.2 Å². The Hall–Kier alpha value is -2.63. The van der Waals surface area contributed by atoms with Gasteiger partial charge in [0.15, 0.2) is 0 Å². The van der Waals surface area contributed by atoms with Crippen molar-refractivity contribution in [1.82, 2.24) is 0 Å². The van der Waals surface area contributed by atoms with E-state index in [-0.39, 0.29) is 23.9 Å². The molecule has 1 amide bonds. The van der Waals surface area contributed by atoms with Gasteiger partial charge in [0.2, 0.25) is 5.91 Å². The van der Waals surface area contributed by atoms with Crippen LogP contribution in [-0.2, 0) is 4.79 Å². The molecule has 0 aliphatic heterocycles. The molecule has 0 unspecified atom stereocenters. The number of nitrogens with two attached hydrogens (primary N) is 1. The highest BCUT2D eigenvalue weighted by Crippen LogP contribution is 2.25. The molecule has 0 saturated heterocycles. The highest BCUT2D eigenvalue weighted by atomic mass is 35.5. The summed E-state index contributed by atoms with van der Waals surface area (Å²) in [5, 5.41) is 3.64. The second-order valence-corrected chi connectivity index (χ2v) is 5.79. The first-order chi connectivity index (χ1) is 11.5. The van der Waals surface area contributed by atoms with E-state index in [4.69, 9.17) is 10.2 Å². The van der Waals surface area contributed by atoms with Gasteiger partial charge in [-0.05, 0) is 42.7 Å². The smallest absolute Gasteiger partial charge is 0.336 e. The van der Waals surface area contributed by atoms with E-state index in [0.29, 0.717) is 11.3 Å². The summed E-state index contributed by atoms with van der Waals surface area (Å²) in [4.78, 5) is 23.9. The molecule has 3 N–H and O–H groups in total. The molecule has 3 aromatic rings. The number of carbonyl (C=O) groups is 1. The van der Waals surface area contributed by atoms with Crippen LogP contribution in [0, 0.1) is 13.8 Å². The first kappa shape index (κ1) is 18.7. The van der Waals surface area contributed by atoms with Crippen molar-refractivity contribution in [3.63, 3.8) is 0 Å². The van der Waals surface area contributed by atoms with Gasteiger partial charge in [-0.2, -0.15) is 0 Å². The lowest BCUT2D eigenvalue weighted by molar-refractivity contribution is -0.117. The second-order valence-electron chi connectivity index (χ2n) is 5.79. The Balaban J connectivity index is 0.00000225. The Morgan fingerprint density at radius 3 is 2.44 bits per heavy atom. The lowest BCUT2D eigenvalue weighted by Gasteiger charge is -2.15. The zero-order chi connectivity index (χ0) is 17.3. The van der Waals surface area contributed by atoms with Crippen molar-refractivity contribution >= 4 is 35.0 Å². The van der Waals surface area contributed by atoms with Gasteiger partial charge in [0.1, 0.15) is 11.6 Å². The van der Waals surface area contributed by atoms with E-state index < -0.39 is 6.04 Å². The van der Waals surface area contributed by atoms with Gasteiger partial charge in [-0.15, -0.1) is 12.4 Å². The Morgan fingerprint density at radius 2 is 1.76 bits per heavy atom. The van der Waals surface area contributed by atoms with Gasteiger partial charge >= 0.3 is 5.63 Å². The van der Waals surface area contributed by atoms with Crippen LogP contribution in [0.4, 0.5) is 5.69 Å². The predicted molar refractivity (Wildman–Crippen MR) is 101 cm³/mol. The molecule has 6 heteroatoms. The molecule has 0 bridgehead atoms. The molecule has 1 heterocycles.